The lowest BCUT2D eigenvalue weighted by Gasteiger charge is -2.39. The van der Waals surface area contributed by atoms with E-state index in [1.807, 2.05) is 25.1 Å². The Morgan fingerprint density at radius 2 is 1.96 bits per heavy atom. The number of nitrogens with two attached hydrogens (primary N) is 1. The van der Waals surface area contributed by atoms with Crippen LogP contribution in [0.25, 0.3) is 11.1 Å². The molecule has 7 nitrogen and oxygen atoms in total. The number of aromatic nitrogens is 2. The largest absolute Gasteiger partial charge is 0.368 e. The van der Waals surface area contributed by atoms with Gasteiger partial charge in [-0.3, -0.25) is 9.59 Å². The van der Waals surface area contributed by atoms with Crippen molar-refractivity contribution in [3.05, 3.63) is 42.2 Å². The molecule has 1 aromatic heterocycles. The van der Waals surface area contributed by atoms with Crippen LogP contribution in [0.2, 0.25) is 0 Å². The molecule has 1 fully saturated rings. The Balaban J connectivity index is 1.88. The number of amides is 2. The first-order valence-corrected chi connectivity index (χ1v) is 8.75. The van der Waals surface area contributed by atoms with E-state index in [1.165, 1.54) is 0 Å². The van der Waals surface area contributed by atoms with E-state index < -0.39 is 6.04 Å². The van der Waals surface area contributed by atoms with Crippen molar-refractivity contribution in [2.24, 2.45) is 0 Å². The highest BCUT2D eigenvalue weighted by molar-refractivity contribution is 5.99. The zero-order valence-corrected chi connectivity index (χ0v) is 15.1. The third-order valence-corrected chi connectivity index (χ3v) is 4.65. The van der Waals surface area contributed by atoms with Crippen molar-refractivity contribution < 1.29 is 9.59 Å². The minimum absolute atomic E-state index is 0.00883. The van der Waals surface area contributed by atoms with Crippen LogP contribution in [-0.2, 0) is 4.79 Å². The van der Waals surface area contributed by atoms with Gasteiger partial charge < -0.3 is 15.5 Å². The summed E-state index contributed by atoms with van der Waals surface area (Å²) < 4.78 is 0. The number of carbonyl (C=O) groups is 2. The maximum atomic E-state index is 13.1. The van der Waals surface area contributed by atoms with Crippen LogP contribution in [0.15, 0.2) is 36.7 Å². The first kappa shape index (κ1) is 17.8. The Hall–Kier alpha value is -2.96. The summed E-state index contributed by atoms with van der Waals surface area (Å²) in [6.07, 6.45) is 4.77. The number of benzene rings is 1. The molecule has 2 amide bonds. The fourth-order valence-corrected chi connectivity index (χ4v) is 3.19. The zero-order valence-electron chi connectivity index (χ0n) is 15.1. The van der Waals surface area contributed by atoms with Crippen molar-refractivity contribution in [3.63, 3.8) is 0 Å². The maximum absolute atomic E-state index is 13.1. The van der Waals surface area contributed by atoms with E-state index in [4.69, 9.17) is 5.73 Å². The van der Waals surface area contributed by atoms with Crippen molar-refractivity contribution in [2.45, 2.75) is 25.8 Å². The van der Waals surface area contributed by atoms with Crippen LogP contribution < -0.4 is 5.73 Å². The number of nitrogens with zero attached hydrogens (tertiary/aromatic N) is 4. The van der Waals surface area contributed by atoms with E-state index in [0.29, 0.717) is 25.1 Å². The molecule has 2 heterocycles. The summed E-state index contributed by atoms with van der Waals surface area (Å²) in [5.74, 6) is 0.0944. The van der Waals surface area contributed by atoms with Crippen LogP contribution in [0, 0.1) is 0 Å². The fraction of sp³-hybridized carbons (Fsp3) is 0.368. The van der Waals surface area contributed by atoms with Crippen LogP contribution in [0.5, 0.6) is 0 Å². The molecule has 2 N–H and O–H groups in total. The molecule has 136 valence electrons. The zero-order chi connectivity index (χ0) is 18.7. The molecule has 1 saturated heterocycles. The number of hydrogen-bond acceptors (Lipinski definition) is 5. The third kappa shape index (κ3) is 3.51. The van der Waals surface area contributed by atoms with E-state index in [9.17, 15) is 9.59 Å². The average Bonchev–Trinajstić information content (AvgIpc) is 2.66. The van der Waals surface area contributed by atoms with Gasteiger partial charge in [0.15, 0.2) is 0 Å². The Kier molecular flexibility index (Phi) is 5.16. The monoisotopic (exact) mass is 353 g/mol. The first-order valence-electron chi connectivity index (χ1n) is 8.75. The highest BCUT2D eigenvalue weighted by atomic mass is 16.2. The van der Waals surface area contributed by atoms with Crippen LogP contribution in [0.1, 0.15) is 30.1 Å². The minimum atomic E-state index is -0.394. The average molecular weight is 353 g/mol. The molecule has 0 bridgehead atoms. The number of hydrogen-bond donors (Lipinski definition) is 1. The Morgan fingerprint density at radius 1 is 1.23 bits per heavy atom. The smallest absolute Gasteiger partial charge is 0.254 e. The van der Waals surface area contributed by atoms with Gasteiger partial charge in [-0.1, -0.05) is 25.5 Å². The van der Waals surface area contributed by atoms with Gasteiger partial charge in [0.25, 0.3) is 5.91 Å². The standard InChI is InChI=1S/C19H23N5O2/c1-3-5-16-18(26)23(2)8-9-24(16)17(25)14-7-4-6-13(10-14)15-11-21-19(20)22-12-15/h4,6-7,10-12,16H,3,5,8-9H2,1-2H3,(H2,20,21,22). The summed E-state index contributed by atoms with van der Waals surface area (Å²) >= 11 is 0. The highest BCUT2D eigenvalue weighted by Crippen LogP contribution is 2.23. The minimum Gasteiger partial charge on any atom is -0.368 e. The second kappa shape index (κ2) is 7.51. The summed E-state index contributed by atoms with van der Waals surface area (Å²) in [6, 6.07) is 6.91. The molecule has 1 aromatic carbocycles. The SMILES string of the molecule is CCCC1C(=O)N(C)CCN1C(=O)c1cccc(-c2cnc(N)nc2)c1. The van der Waals surface area contributed by atoms with E-state index in [2.05, 4.69) is 9.97 Å². The quantitative estimate of drug-likeness (QED) is 0.905. The maximum Gasteiger partial charge on any atom is 0.254 e. The van der Waals surface area contributed by atoms with Crippen LogP contribution in [-0.4, -0.2) is 57.8 Å². The van der Waals surface area contributed by atoms with E-state index in [1.54, 1.807) is 35.3 Å². The number of likely N-dealkylation sites (N-methyl/N-ethyl adjacent to an activating group) is 1. The molecule has 2 aromatic rings. The number of nitrogen functional groups attached to an aromatic ring is 1. The van der Waals surface area contributed by atoms with Crippen molar-refractivity contribution in [1.29, 1.82) is 0 Å². The van der Waals surface area contributed by atoms with E-state index in [0.717, 1.165) is 17.5 Å². The van der Waals surface area contributed by atoms with Gasteiger partial charge in [0, 0.05) is 43.7 Å². The second-order valence-electron chi connectivity index (χ2n) is 6.47. The van der Waals surface area contributed by atoms with Crippen LogP contribution >= 0.6 is 0 Å². The van der Waals surface area contributed by atoms with Crippen molar-refractivity contribution in [2.75, 3.05) is 25.9 Å². The van der Waals surface area contributed by atoms with Crippen molar-refractivity contribution >= 4 is 17.8 Å². The summed E-state index contributed by atoms with van der Waals surface area (Å²) in [6.45, 7) is 3.11. The van der Waals surface area contributed by atoms with Crippen molar-refractivity contribution in [3.8, 4) is 11.1 Å². The molecule has 1 aliphatic rings. The summed E-state index contributed by atoms with van der Waals surface area (Å²) in [7, 11) is 1.79. The Morgan fingerprint density at radius 3 is 2.65 bits per heavy atom. The van der Waals surface area contributed by atoms with Crippen molar-refractivity contribution in [1.82, 2.24) is 19.8 Å². The highest BCUT2D eigenvalue weighted by Gasteiger charge is 2.35. The molecule has 26 heavy (non-hydrogen) atoms. The second-order valence-corrected chi connectivity index (χ2v) is 6.47. The van der Waals surface area contributed by atoms with Gasteiger partial charge in [0.05, 0.1) is 0 Å². The summed E-state index contributed by atoms with van der Waals surface area (Å²) in [5, 5.41) is 0. The molecular formula is C19H23N5O2. The number of piperazine rings is 1. The topological polar surface area (TPSA) is 92.4 Å². The lowest BCUT2D eigenvalue weighted by molar-refractivity contribution is -0.138. The predicted molar refractivity (Wildman–Crippen MR) is 99.2 cm³/mol. The molecule has 1 aliphatic heterocycles. The number of anilines is 1. The Bertz CT molecular complexity index is 806. The molecule has 0 radical (unpaired) electrons. The van der Waals surface area contributed by atoms with E-state index in [-0.39, 0.29) is 17.8 Å². The van der Waals surface area contributed by atoms with Gasteiger partial charge in [0.1, 0.15) is 6.04 Å². The van der Waals surface area contributed by atoms with Gasteiger partial charge in [-0.05, 0) is 24.1 Å². The summed E-state index contributed by atoms with van der Waals surface area (Å²) in [4.78, 5) is 37.0. The van der Waals surface area contributed by atoms with Gasteiger partial charge in [-0.2, -0.15) is 0 Å². The molecule has 1 atom stereocenters. The summed E-state index contributed by atoms with van der Waals surface area (Å²) in [5.41, 5.74) is 7.70. The molecule has 0 spiro atoms. The molecule has 0 aliphatic carbocycles. The first-order chi connectivity index (χ1) is 12.5. The lowest BCUT2D eigenvalue weighted by Crippen LogP contribution is -2.57. The Labute approximate surface area is 152 Å². The number of rotatable bonds is 4. The van der Waals surface area contributed by atoms with Crippen LogP contribution in [0.4, 0.5) is 5.95 Å². The van der Waals surface area contributed by atoms with Gasteiger partial charge in [0.2, 0.25) is 11.9 Å². The van der Waals surface area contributed by atoms with E-state index >= 15 is 0 Å². The molecule has 1 unspecified atom stereocenters. The van der Waals surface area contributed by atoms with Gasteiger partial charge in [-0.25, -0.2) is 9.97 Å². The molecular weight excluding hydrogens is 330 g/mol. The lowest BCUT2D eigenvalue weighted by atomic mass is 10.0. The van der Waals surface area contributed by atoms with Gasteiger partial charge >= 0.3 is 0 Å². The fourth-order valence-electron chi connectivity index (χ4n) is 3.19. The van der Waals surface area contributed by atoms with Gasteiger partial charge in [-0.15, -0.1) is 0 Å². The number of carbonyl (C=O) groups excluding carboxylic acids is 2. The normalized spacial score (nSPS) is 17.5. The van der Waals surface area contributed by atoms with Crippen LogP contribution in [0.3, 0.4) is 0 Å². The molecule has 7 heteroatoms. The molecule has 3 rings (SSSR count). The molecule has 0 saturated carbocycles. The predicted octanol–water partition coefficient (Wildman–Crippen LogP) is 1.81. The third-order valence-electron chi connectivity index (χ3n) is 4.65.